The van der Waals surface area contributed by atoms with Gasteiger partial charge in [0.15, 0.2) is 5.79 Å². The molecule has 3 N–H and O–H groups in total. The summed E-state index contributed by atoms with van der Waals surface area (Å²) in [5.74, 6) is -0.618. The van der Waals surface area contributed by atoms with E-state index in [4.69, 9.17) is 25.1 Å². The molecule has 2 rings (SSSR count). The molecule has 0 aromatic heterocycles. The van der Waals surface area contributed by atoms with E-state index >= 15 is 0 Å². The van der Waals surface area contributed by atoms with Gasteiger partial charge in [0.25, 0.3) is 0 Å². The van der Waals surface area contributed by atoms with Crippen LogP contribution in [-0.4, -0.2) is 42.9 Å². The van der Waals surface area contributed by atoms with Gasteiger partial charge in [-0.15, -0.1) is 0 Å². The fourth-order valence-electron chi connectivity index (χ4n) is 2.47. The van der Waals surface area contributed by atoms with Crippen LogP contribution < -0.4 is 5.73 Å². The molecule has 1 heterocycles. The Kier molecular flexibility index (Phi) is 2.96. The molecule has 0 saturated carbocycles. The van der Waals surface area contributed by atoms with Crippen molar-refractivity contribution in [1.82, 2.24) is 0 Å². The van der Waals surface area contributed by atoms with Gasteiger partial charge in [0.2, 0.25) is 0 Å². The maximum Gasteiger partial charge on any atom is 0.164 e. The molecule has 0 bridgehead atoms. The molecule has 0 spiro atoms. The lowest BCUT2D eigenvalue weighted by Gasteiger charge is -2.22. The average molecular weight is 229 g/mol. The Morgan fingerprint density at radius 3 is 2.69 bits per heavy atom. The first-order valence-electron chi connectivity index (χ1n) is 5.48. The first-order valence-corrected chi connectivity index (χ1v) is 5.48. The molecular weight excluding hydrogens is 210 g/mol. The molecule has 92 valence electrons. The number of ether oxygens (including phenoxy) is 3. The van der Waals surface area contributed by atoms with Gasteiger partial charge in [-0.3, -0.25) is 0 Å². The number of fused-ring (bicyclic) bond motifs is 1. The van der Waals surface area contributed by atoms with Gasteiger partial charge in [0.05, 0.1) is 0 Å². The highest BCUT2D eigenvalue weighted by molar-refractivity contribution is 5.31. The second kappa shape index (κ2) is 4.00. The van der Waals surface area contributed by atoms with Gasteiger partial charge in [-0.25, -0.2) is 0 Å². The summed E-state index contributed by atoms with van der Waals surface area (Å²) in [4.78, 5) is 0. The van der Waals surface area contributed by atoms with E-state index in [-0.39, 0.29) is 24.9 Å². The minimum Gasteiger partial charge on any atom is -0.400 e. The highest BCUT2D eigenvalue weighted by atomic mass is 16.8. The number of hydrogen-bond donors (Lipinski definition) is 2. The predicted molar refractivity (Wildman–Crippen MR) is 57.5 cm³/mol. The summed E-state index contributed by atoms with van der Waals surface area (Å²) in [6, 6.07) is 0. The van der Waals surface area contributed by atoms with Gasteiger partial charge < -0.3 is 25.1 Å². The molecule has 3 atom stereocenters. The van der Waals surface area contributed by atoms with E-state index < -0.39 is 5.79 Å². The summed E-state index contributed by atoms with van der Waals surface area (Å²) in [6.07, 6.45) is -0.145. The van der Waals surface area contributed by atoms with Crippen molar-refractivity contribution >= 4 is 0 Å². The third kappa shape index (κ3) is 1.73. The molecule has 5 nitrogen and oxygen atoms in total. The Morgan fingerprint density at radius 2 is 2.12 bits per heavy atom. The normalized spacial score (nSPS) is 36.9. The summed E-state index contributed by atoms with van der Waals surface area (Å²) in [7, 11) is 1.60. The molecule has 2 aliphatic rings. The van der Waals surface area contributed by atoms with E-state index in [2.05, 4.69) is 0 Å². The van der Waals surface area contributed by atoms with Crippen molar-refractivity contribution < 1.29 is 19.3 Å². The Labute approximate surface area is 95.2 Å². The number of nitrogens with two attached hydrogens (primary N) is 1. The molecule has 0 radical (unpaired) electrons. The number of aliphatic hydroxyl groups is 1. The largest absolute Gasteiger partial charge is 0.400 e. The quantitative estimate of drug-likeness (QED) is 0.719. The maximum atomic E-state index is 9.03. The van der Waals surface area contributed by atoms with Crippen molar-refractivity contribution in [2.75, 3.05) is 13.7 Å². The minimum atomic E-state index is -0.618. The van der Waals surface area contributed by atoms with Crippen LogP contribution in [0.4, 0.5) is 0 Å². The van der Waals surface area contributed by atoms with Crippen LogP contribution in [0.25, 0.3) is 0 Å². The topological polar surface area (TPSA) is 73.9 Å². The van der Waals surface area contributed by atoms with Crippen LogP contribution in [0.5, 0.6) is 0 Å². The van der Waals surface area contributed by atoms with E-state index in [0.29, 0.717) is 12.1 Å². The van der Waals surface area contributed by atoms with Crippen molar-refractivity contribution in [3.8, 4) is 0 Å². The Hall–Kier alpha value is -0.620. The van der Waals surface area contributed by atoms with Crippen LogP contribution >= 0.6 is 0 Å². The highest BCUT2D eigenvalue weighted by Gasteiger charge is 2.52. The van der Waals surface area contributed by atoms with E-state index in [9.17, 15) is 0 Å². The van der Waals surface area contributed by atoms with Gasteiger partial charge in [0.1, 0.15) is 18.3 Å². The standard InChI is InChI=1S/C11H19NO4/c1-11(2)15-8-6(4-5-13)7(12)9(14-3)10(8)16-11/h8-10,13H,4-5,12H2,1-3H3/t8-,9+,10-/m1/s1. The van der Waals surface area contributed by atoms with Crippen molar-refractivity contribution in [3.05, 3.63) is 11.3 Å². The Balaban J connectivity index is 2.26. The summed E-state index contributed by atoms with van der Waals surface area (Å²) >= 11 is 0. The van der Waals surface area contributed by atoms with Crippen LogP contribution in [0.3, 0.4) is 0 Å². The molecule has 0 unspecified atom stereocenters. The smallest absolute Gasteiger partial charge is 0.164 e. The molecule has 0 amide bonds. The number of methoxy groups -OCH3 is 1. The van der Waals surface area contributed by atoms with Crippen LogP contribution in [-0.2, 0) is 14.2 Å². The highest BCUT2D eigenvalue weighted by Crippen LogP contribution is 2.42. The third-order valence-corrected chi connectivity index (χ3v) is 3.08. The molecule has 0 aromatic rings. The average Bonchev–Trinajstić information content (AvgIpc) is 2.61. The van der Waals surface area contributed by atoms with Gasteiger partial charge in [-0.1, -0.05) is 0 Å². The summed E-state index contributed by atoms with van der Waals surface area (Å²) < 4.78 is 16.9. The summed E-state index contributed by atoms with van der Waals surface area (Å²) in [6.45, 7) is 3.79. The molecule has 5 heteroatoms. The fourth-order valence-corrected chi connectivity index (χ4v) is 2.47. The Bertz CT molecular complexity index is 313. The van der Waals surface area contributed by atoms with E-state index in [1.54, 1.807) is 7.11 Å². The zero-order valence-electron chi connectivity index (χ0n) is 9.90. The van der Waals surface area contributed by atoms with Crippen molar-refractivity contribution in [2.45, 2.75) is 44.4 Å². The third-order valence-electron chi connectivity index (χ3n) is 3.08. The Morgan fingerprint density at radius 1 is 1.44 bits per heavy atom. The van der Waals surface area contributed by atoms with Gasteiger partial charge in [-0.05, 0) is 25.8 Å². The lowest BCUT2D eigenvalue weighted by Crippen LogP contribution is -2.34. The number of rotatable bonds is 3. The molecule has 1 aliphatic heterocycles. The monoisotopic (exact) mass is 229 g/mol. The second-order valence-corrected chi connectivity index (χ2v) is 4.63. The summed E-state index contributed by atoms with van der Waals surface area (Å²) in [5, 5.41) is 9.03. The SMILES string of the molecule is CO[C@H]1C(N)=C(CCO)[C@H]2OC(C)(C)O[C@H]21. The van der Waals surface area contributed by atoms with Gasteiger partial charge in [-0.2, -0.15) is 0 Å². The van der Waals surface area contributed by atoms with Crippen LogP contribution in [0.1, 0.15) is 20.3 Å². The molecule has 0 aromatic carbocycles. The minimum absolute atomic E-state index is 0.0550. The lowest BCUT2D eigenvalue weighted by molar-refractivity contribution is -0.155. The van der Waals surface area contributed by atoms with Gasteiger partial charge >= 0.3 is 0 Å². The fraction of sp³-hybridized carbons (Fsp3) is 0.818. The first kappa shape index (κ1) is 11.9. The van der Waals surface area contributed by atoms with E-state index in [1.165, 1.54) is 0 Å². The van der Waals surface area contributed by atoms with Crippen molar-refractivity contribution in [1.29, 1.82) is 0 Å². The zero-order valence-corrected chi connectivity index (χ0v) is 9.90. The summed E-state index contributed by atoms with van der Waals surface area (Å²) in [5.41, 5.74) is 7.53. The van der Waals surface area contributed by atoms with E-state index in [0.717, 1.165) is 5.57 Å². The molecule has 1 fully saturated rings. The van der Waals surface area contributed by atoms with Gasteiger partial charge in [0, 0.05) is 19.4 Å². The van der Waals surface area contributed by atoms with Crippen LogP contribution in [0.15, 0.2) is 11.3 Å². The van der Waals surface area contributed by atoms with Crippen LogP contribution in [0, 0.1) is 0 Å². The van der Waals surface area contributed by atoms with Crippen LogP contribution in [0.2, 0.25) is 0 Å². The zero-order chi connectivity index (χ0) is 11.9. The lowest BCUT2D eigenvalue weighted by atomic mass is 10.1. The molecular formula is C11H19NO4. The predicted octanol–water partition coefficient (Wildman–Crippen LogP) is 0.130. The molecule has 1 saturated heterocycles. The van der Waals surface area contributed by atoms with Crippen molar-refractivity contribution in [3.63, 3.8) is 0 Å². The second-order valence-electron chi connectivity index (χ2n) is 4.63. The number of hydrogen-bond acceptors (Lipinski definition) is 5. The maximum absolute atomic E-state index is 9.03. The number of aliphatic hydroxyl groups excluding tert-OH is 1. The molecule has 16 heavy (non-hydrogen) atoms. The van der Waals surface area contributed by atoms with Crippen molar-refractivity contribution in [2.24, 2.45) is 5.73 Å². The van der Waals surface area contributed by atoms with E-state index in [1.807, 2.05) is 13.8 Å². The molecule has 1 aliphatic carbocycles. The first-order chi connectivity index (χ1) is 7.50.